The van der Waals surface area contributed by atoms with Crippen molar-refractivity contribution in [1.82, 2.24) is 4.90 Å². The first-order valence-electron chi connectivity index (χ1n) is 8.53. The molecule has 1 heterocycles. The van der Waals surface area contributed by atoms with Crippen LogP contribution in [0.2, 0.25) is 0 Å². The minimum Gasteiger partial charge on any atom is -0.381 e. The average molecular weight is 281 g/mol. The molecular weight excluding hydrogens is 250 g/mol. The number of hydrogen-bond donors (Lipinski definition) is 0. The number of carbonyl (C=O) groups excluding carboxylic acids is 1. The van der Waals surface area contributed by atoms with E-state index in [2.05, 4.69) is 11.8 Å². The maximum Gasteiger partial charge on any atom is 0.222 e. The second-order valence-electron chi connectivity index (χ2n) is 6.65. The number of amides is 1. The molecule has 0 spiro atoms. The summed E-state index contributed by atoms with van der Waals surface area (Å²) in [6.45, 7) is 4.25. The summed E-state index contributed by atoms with van der Waals surface area (Å²) in [6, 6.07) is 0. The zero-order valence-electron chi connectivity index (χ0n) is 13.3. The molecule has 1 aliphatic heterocycles. The largest absolute Gasteiger partial charge is 0.381 e. The number of hydrogen-bond acceptors (Lipinski definition) is 2. The molecule has 0 N–H and O–H groups in total. The fraction of sp³-hybridized carbons (Fsp3) is 0.941. The Bertz CT molecular complexity index is 289. The molecule has 2 fully saturated rings. The molecule has 1 saturated heterocycles. The highest BCUT2D eigenvalue weighted by atomic mass is 16.5. The van der Waals surface area contributed by atoms with Gasteiger partial charge in [-0.1, -0.05) is 13.3 Å². The molecule has 1 saturated carbocycles. The summed E-state index contributed by atoms with van der Waals surface area (Å²) < 4.78 is 5.41. The van der Waals surface area contributed by atoms with Crippen LogP contribution < -0.4 is 0 Å². The summed E-state index contributed by atoms with van der Waals surface area (Å²) >= 11 is 0. The third-order valence-corrected chi connectivity index (χ3v) is 5.44. The van der Waals surface area contributed by atoms with Crippen molar-refractivity contribution in [1.29, 1.82) is 0 Å². The Morgan fingerprint density at radius 3 is 2.25 bits per heavy atom. The SMILES string of the molecule is CCC1CCN(C(=O)CC[C@H]2CC[C@H](OC)CC2)CC1. The zero-order chi connectivity index (χ0) is 14.4. The van der Waals surface area contributed by atoms with Crippen LogP contribution in [0.3, 0.4) is 0 Å². The van der Waals surface area contributed by atoms with E-state index in [9.17, 15) is 4.79 Å². The second-order valence-corrected chi connectivity index (χ2v) is 6.65. The molecule has 0 aromatic carbocycles. The maximum atomic E-state index is 12.3. The van der Waals surface area contributed by atoms with Gasteiger partial charge in [0.2, 0.25) is 5.91 Å². The van der Waals surface area contributed by atoms with E-state index >= 15 is 0 Å². The van der Waals surface area contributed by atoms with Gasteiger partial charge in [-0.2, -0.15) is 0 Å². The fourth-order valence-corrected chi connectivity index (χ4v) is 3.73. The highest BCUT2D eigenvalue weighted by Crippen LogP contribution is 2.29. The third-order valence-electron chi connectivity index (χ3n) is 5.44. The minimum absolute atomic E-state index is 0.397. The van der Waals surface area contributed by atoms with Crippen molar-refractivity contribution in [3.63, 3.8) is 0 Å². The molecule has 1 aliphatic carbocycles. The van der Waals surface area contributed by atoms with Crippen LogP contribution >= 0.6 is 0 Å². The Morgan fingerprint density at radius 2 is 1.70 bits per heavy atom. The second kappa shape index (κ2) is 8.02. The number of nitrogens with zero attached hydrogens (tertiary/aromatic N) is 1. The summed E-state index contributed by atoms with van der Waals surface area (Å²) in [6.07, 6.45) is 10.8. The molecule has 1 amide bonds. The Morgan fingerprint density at radius 1 is 1.05 bits per heavy atom. The molecule has 0 radical (unpaired) electrons. The van der Waals surface area contributed by atoms with E-state index < -0.39 is 0 Å². The average Bonchev–Trinajstić information content (AvgIpc) is 2.53. The molecule has 0 bridgehead atoms. The van der Waals surface area contributed by atoms with Crippen LogP contribution in [0.25, 0.3) is 0 Å². The van der Waals surface area contributed by atoms with E-state index in [1.165, 1.54) is 44.9 Å². The molecule has 2 rings (SSSR count). The molecule has 0 aromatic rings. The number of rotatable bonds is 5. The third kappa shape index (κ3) is 4.47. The van der Waals surface area contributed by atoms with Crippen molar-refractivity contribution in [2.24, 2.45) is 11.8 Å². The Hall–Kier alpha value is -0.570. The number of carbonyl (C=O) groups is 1. The van der Waals surface area contributed by atoms with Crippen LogP contribution in [0.15, 0.2) is 0 Å². The highest BCUT2D eigenvalue weighted by Gasteiger charge is 2.24. The van der Waals surface area contributed by atoms with Gasteiger partial charge in [0.1, 0.15) is 0 Å². The predicted octanol–water partition coefficient (Wildman–Crippen LogP) is 3.62. The molecular formula is C17H31NO2. The standard InChI is InChI=1S/C17H31NO2/c1-3-14-10-12-18(13-11-14)17(19)9-6-15-4-7-16(20-2)8-5-15/h14-16H,3-13H2,1-2H3/t15-,16-. The van der Waals surface area contributed by atoms with E-state index in [0.717, 1.165) is 37.8 Å². The van der Waals surface area contributed by atoms with Gasteiger partial charge in [0.15, 0.2) is 0 Å². The van der Waals surface area contributed by atoms with Gasteiger partial charge in [0.05, 0.1) is 6.10 Å². The van der Waals surface area contributed by atoms with E-state index in [1.54, 1.807) is 0 Å². The van der Waals surface area contributed by atoms with Gasteiger partial charge < -0.3 is 9.64 Å². The first-order chi connectivity index (χ1) is 9.72. The first kappa shape index (κ1) is 15.8. The Balaban J connectivity index is 1.63. The smallest absolute Gasteiger partial charge is 0.222 e. The van der Waals surface area contributed by atoms with Gasteiger partial charge in [-0.3, -0.25) is 4.79 Å². The zero-order valence-corrected chi connectivity index (χ0v) is 13.3. The van der Waals surface area contributed by atoms with Gasteiger partial charge in [-0.15, -0.1) is 0 Å². The monoisotopic (exact) mass is 281 g/mol. The van der Waals surface area contributed by atoms with Crippen molar-refractivity contribution >= 4 is 5.91 Å². The maximum absolute atomic E-state index is 12.3. The number of methoxy groups -OCH3 is 1. The van der Waals surface area contributed by atoms with E-state index in [-0.39, 0.29) is 0 Å². The van der Waals surface area contributed by atoms with Crippen molar-refractivity contribution in [2.75, 3.05) is 20.2 Å². The number of likely N-dealkylation sites (tertiary alicyclic amines) is 1. The van der Waals surface area contributed by atoms with Crippen molar-refractivity contribution < 1.29 is 9.53 Å². The van der Waals surface area contributed by atoms with Crippen LogP contribution in [0.1, 0.15) is 64.7 Å². The topological polar surface area (TPSA) is 29.5 Å². The van der Waals surface area contributed by atoms with Crippen LogP contribution in [0.4, 0.5) is 0 Å². The molecule has 3 nitrogen and oxygen atoms in total. The lowest BCUT2D eigenvalue weighted by atomic mass is 9.84. The highest BCUT2D eigenvalue weighted by molar-refractivity contribution is 5.76. The number of ether oxygens (including phenoxy) is 1. The van der Waals surface area contributed by atoms with Gasteiger partial charge in [-0.25, -0.2) is 0 Å². The molecule has 2 aliphatic rings. The molecule has 0 aromatic heterocycles. The molecule has 0 atom stereocenters. The Kier molecular flexibility index (Phi) is 6.34. The molecule has 20 heavy (non-hydrogen) atoms. The summed E-state index contributed by atoms with van der Waals surface area (Å²) in [4.78, 5) is 14.4. The number of piperidine rings is 1. The van der Waals surface area contributed by atoms with Gasteiger partial charge in [0, 0.05) is 26.6 Å². The first-order valence-corrected chi connectivity index (χ1v) is 8.53. The lowest BCUT2D eigenvalue weighted by molar-refractivity contribution is -0.133. The van der Waals surface area contributed by atoms with E-state index in [4.69, 9.17) is 4.74 Å². The quantitative estimate of drug-likeness (QED) is 0.770. The lowest BCUT2D eigenvalue weighted by Crippen LogP contribution is -2.38. The van der Waals surface area contributed by atoms with Gasteiger partial charge >= 0.3 is 0 Å². The molecule has 0 unspecified atom stereocenters. The van der Waals surface area contributed by atoms with Gasteiger partial charge in [-0.05, 0) is 56.8 Å². The lowest BCUT2D eigenvalue weighted by Gasteiger charge is -2.32. The minimum atomic E-state index is 0.397. The van der Waals surface area contributed by atoms with Crippen LogP contribution in [-0.4, -0.2) is 37.1 Å². The van der Waals surface area contributed by atoms with Crippen molar-refractivity contribution in [2.45, 2.75) is 70.8 Å². The normalized spacial score (nSPS) is 28.6. The van der Waals surface area contributed by atoms with Gasteiger partial charge in [0.25, 0.3) is 0 Å². The van der Waals surface area contributed by atoms with Crippen LogP contribution in [-0.2, 0) is 9.53 Å². The fourth-order valence-electron chi connectivity index (χ4n) is 3.73. The summed E-state index contributed by atoms with van der Waals surface area (Å²) in [5.74, 6) is 2.00. The molecule has 3 heteroatoms. The molecule has 116 valence electrons. The predicted molar refractivity (Wildman–Crippen MR) is 81.6 cm³/mol. The Labute approximate surface area is 124 Å². The van der Waals surface area contributed by atoms with Crippen LogP contribution in [0.5, 0.6) is 0 Å². The summed E-state index contributed by atoms with van der Waals surface area (Å²) in [5, 5.41) is 0. The van der Waals surface area contributed by atoms with E-state index in [0.29, 0.717) is 12.0 Å². The van der Waals surface area contributed by atoms with Crippen LogP contribution in [0, 0.1) is 11.8 Å². The summed E-state index contributed by atoms with van der Waals surface area (Å²) in [7, 11) is 1.81. The summed E-state index contributed by atoms with van der Waals surface area (Å²) in [5.41, 5.74) is 0. The van der Waals surface area contributed by atoms with E-state index in [1.807, 2.05) is 7.11 Å². The van der Waals surface area contributed by atoms with Crippen molar-refractivity contribution in [3.05, 3.63) is 0 Å². The van der Waals surface area contributed by atoms with Crippen molar-refractivity contribution in [3.8, 4) is 0 Å².